The van der Waals surface area contributed by atoms with Gasteiger partial charge in [-0.25, -0.2) is 0 Å². The molecule has 1 heterocycles. The van der Waals surface area contributed by atoms with Gasteiger partial charge in [0, 0.05) is 31.6 Å². The second-order valence-electron chi connectivity index (χ2n) is 10.1. The van der Waals surface area contributed by atoms with E-state index < -0.39 is 0 Å². The molecule has 5 aromatic carbocycles. The third-order valence-corrected chi connectivity index (χ3v) is 7.77. The fourth-order valence-corrected chi connectivity index (χ4v) is 6.03. The molecule has 2 heteroatoms. The monoisotopic (exact) mass is 513 g/mol. The molecule has 0 atom stereocenters. The first kappa shape index (κ1) is 20.7. The Morgan fingerprint density at radius 1 is 0.600 bits per heavy atom. The summed E-state index contributed by atoms with van der Waals surface area (Å²) in [6, 6.07) is 35.2. The zero-order chi connectivity index (χ0) is 23.7. The molecule has 0 fully saturated rings. The molecule has 0 N–H and O–H groups in total. The Morgan fingerprint density at radius 3 is 1.80 bits per heavy atom. The van der Waals surface area contributed by atoms with Crippen LogP contribution in [0.2, 0.25) is 0 Å². The average molecular weight is 514 g/mol. The molecular weight excluding hydrogens is 490 g/mol. The molecule has 168 valence electrons. The molecule has 6 aromatic rings. The number of benzene rings is 5. The van der Waals surface area contributed by atoms with E-state index in [1.165, 1.54) is 59.8 Å². The van der Waals surface area contributed by atoms with Crippen molar-refractivity contribution in [3.8, 4) is 16.8 Å². The summed E-state index contributed by atoms with van der Waals surface area (Å²) in [5.41, 5.74) is 4.95. The van der Waals surface area contributed by atoms with Crippen LogP contribution in [0.4, 0.5) is 0 Å². The van der Waals surface area contributed by atoms with Gasteiger partial charge in [-0.05, 0) is 51.6 Å². The minimum absolute atomic E-state index is 0.0186. The van der Waals surface area contributed by atoms with Crippen LogP contribution in [0.3, 0.4) is 0 Å². The van der Waals surface area contributed by atoms with E-state index in [0.29, 0.717) is 0 Å². The Labute approximate surface area is 212 Å². The Bertz CT molecular complexity index is 1900. The topological polar surface area (TPSA) is 4.93 Å². The van der Waals surface area contributed by atoms with Gasteiger partial charge in [0.15, 0.2) is 0 Å². The maximum Gasteiger partial charge on any atom is 0.0625 e. The van der Waals surface area contributed by atoms with Gasteiger partial charge in [-0.15, -0.1) is 0 Å². The minimum atomic E-state index is 0.0186. The Kier molecular flexibility index (Phi) is 4.40. The number of rotatable bonds is 2. The third kappa shape index (κ3) is 3.13. The van der Waals surface area contributed by atoms with Crippen molar-refractivity contribution >= 4 is 60.5 Å². The fourth-order valence-electron chi connectivity index (χ4n) is 5.76. The molecule has 1 aliphatic rings. The van der Waals surface area contributed by atoms with Gasteiger partial charge in [-0.2, -0.15) is 0 Å². The lowest BCUT2D eigenvalue weighted by molar-refractivity contribution is 0.722. The van der Waals surface area contributed by atoms with Crippen molar-refractivity contribution in [3.63, 3.8) is 0 Å². The molecule has 35 heavy (non-hydrogen) atoms. The van der Waals surface area contributed by atoms with Gasteiger partial charge in [-0.1, -0.05) is 115 Å². The quantitative estimate of drug-likeness (QED) is 0.207. The van der Waals surface area contributed by atoms with E-state index in [9.17, 15) is 0 Å². The van der Waals surface area contributed by atoms with Gasteiger partial charge in [0.1, 0.15) is 0 Å². The molecule has 0 radical (unpaired) electrons. The normalized spacial score (nSPS) is 14.3. The summed E-state index contributed by atoms with van der Waals surface area (Å²) in [6.45, 7) is 4.59. The summed E-state index contributed by atoms with van der Waals surface area (Å²) in [4.78, 5) is 0. The van der Waals surface area contributed by atoms with Crippen molar-refractivity contribution in [3.05, 3.63) is 112 Å². The Hall–Kier alpha value is -3.62. The number of nitrogens with zero attached hydrogens (tertiary/aromatic N) is 1. The zero-order valence-corrected chi connectivity index (χ0v) is 21.3. The highest BCUT2D eigenvalue weighted by molar-refractivity contribution is 9.10. The second kappa shape index (κ2) is 7.44. The van der Waals surface area contributed by atoms with Crippen molar-refractivity contribution < 1.29 is 0 Å². The lowest BCUT2D eigenvalue weighted by atomic mass is 9.94. The van der Waals surface area contributed by atoms with Crippen molar-refractivity contribution in [1.82, 2.24) is 4.57 Å². The largest absolute Gasteiger partial charge is 0.309 e. The molecule has 0 aliphatic heterocycles. The highest BCUT2D eigenvalue weighted by Gasteiger charge is 2.24. The minimum Gasteiger partial charge on any atom is -0.309 e. The van der Waals surface area contributed by atoms with Crippen LogP contribution in [-0.2, 0) is 0 Å². The van der Waals surface area contributed by atoms with Crippen LogP contribution in [0.1, 0.15) is 13.8 Å². The first-order chi connectivity index (χ1) is 17.0. The van der Waals surface area contributed by atoms with E-state index in [1.54, 1.807) is 0 Å². The summed E-state index contributed by atoms with van der Waals surface area (Å²) in [5, 5.41) is 9.25. The average Bonchev–Trinajstić information content (AvgIpc) is 3.35. The summed E-state index contributed by atoms with van der Waals surface area (Å²) in [5.74, 6) is 0. The summed E-state index contributed by atoms with van der Waals surface area (Å²) >= 11 is 3.54. The molecule has 1 nitrogen and oxygen atoms in total. The molecule has 0 spiro atoms. The van der Waals surface area contributed by atoms with E-state index in [-0.39, 0.29) is 5.41 Å². The summed E-state index contributed by atoms with van der Waals surface area (Å²) in [6.07, 6.45) is 4.87. The second-order valence-corrected chi connectivity index (χ2v) is 11.0. The number of fused-ring (bicyclic) bond motifs is 8. The van der Waals surface area contributed by atoms with Crippen molar-refractivity contribution in [2.45, 2.75) is 13.8 Å². The lowest BCUT2D eigenvalue weighted by Crippen LogP contribution is -2.25. The Balaban J connectivity index is 1.60. The number of hydrogen-bond donors (Lipinski definition) is 0. The lowest BCUT2D eigenvalue weighted by Gasteiger charge is -2.15. The van der Waals surface area contributed by atoms with Crippen molar-refractivity contribution in [1.29, 1.82) is 0 Å². The molecule has 0 saturated carbocycles. The van der Waals surface area contributed by atoms with Crippen LogP contribution in [0, 0.1) is 5.41 Å². The third-order valence-electron chi connectivity index (χ3n) is 7.24. The van der Waals surface area contributed by atoms with Crippen LogP contribution in [-0.4, -0.2) is 4.57 Å². The molecule has 0 unspecified atom stereocenters. The van der Waals surface area contributed by atoms with Crippen LogP contribution in [0.25, 0.3) is 61.4 Å². The first-order valence-electron chi connectivity index (χ1n) is 12.1. The fraction of sp³-hybridized carbons (Fsp3) is 0.0909. The molecule has 7 rings (SSSR count). The summed E-state index contributed by atoms with van der Waals surface area (Å²) in [7, 11) is 0. The van der Waals surface area contributed by atoms with Gasteiger partial charge in [0.2, 0.25) is 0 Å². The highest BCUT2D eigenvalue weighted by atomic mass is 79.9. The van der Waals surface area contributed by atoms with Gasteiger partial charge >= 0.3 is 0 Å². The molecule has 1 aromatic heterocycles. The number of hydrogen-bond acceptors (Lipinski definition) is 0. The van der Waals surface area contributed by atoms with Crippen LogP contribution < -0.4 is 10.6 Å². The maximum absolute atomic E-state index is 3.54. The van der Waals surface area contributed by atoms with E-state index in [1.807, 2.05) is 0 Å². The van der Waals surface area contributed by atoms with Crippen LogP contribution in [0.15, 0.2) is 102 Å². The van der Waals surface area contributed by atoms with E-state index in [2.05, 4.69) is 144 Å². The van der Waals surface area contributed by atoms with E-state index in [0.717, 1.165) is 4.47 Å². The van der Waals surface area contributed by atoms with Crippen LogP contribution >= 0.6 is 15.9 Å². The molecule has 0 bridgehead atoms. The number of aromatic nitrogens is 1. The molecule has 1 aliphatic carbocycles. The molecular formula is C33H24BrN. The summed E-state index contributed by atoms with van der Waals surface area (Å²) < 4.78 is 3.58. The first-order valence-corrected chi connectivity index (χ1v) is 12.9. The van der Waals surface area contributed by atoms with Crippen molar-refractivity contribution in [2.24, 2.45) is 5.41 Å². The predicted octanol–water partition coefficient (Wildman–Crippen LogP) is 7.97. The van der Waals surface area contributed by atoms with Gasteiger partial charge in [0.25, 0.3) is 0 Å². The zero-order valence-electron chi connectivity index (χ0n) is 19.7. The Morgan fingerprint density at radius 2 is 1.14 bits per heavy atom. The molecule has 0 amide bonds. The van der Waals surface area contributed by atoms with E-state index in [4.69, 9.17) is 0 Å². The molecule has 0 saturated heterocycles. The van der Waals surface area contributed by atoms with Gasteiger partial charge in [-0.3, -0.25) is 0 Å². The smallest absolute Gasteiger partial charge is 0.0625 e. The van der Waals surface area contributed by atoms with E-state index >= 15 is 0 Å². The van der Waals surface area contributed by atoms with Gasteiger partial charge in [0.05, 0.1) is 10.9 Å². The SMILES string of the molecule is CC1(C)C=c2c(n(-c3ccc(-c4ccc(Br)cc4)cc3)c3c4ccccc4c4ccccc4c23)=C1. The van der Waals surface area contributed by atoms with Crippen LogP contribution in [0.5, 0.6) is 0 Å². The predicted molar refractivity (Wildman–Crippen MR) is 153 cm³/mol. The maximum atomic E-state index is 3.54. The highest BCUT2D eigenvalue weighted by Crippen LogP contribution is 2.36. The number of halogens is 1. The van der Waals surface area contributed by atoms with Crippen molar-refractivity contribution in [2.75, 3.05) is 0 Å². The standard InChI is InChI=1S/C33H24BrN/c1-33(2)19-29-30(20-33)35(24-17-13-22(14-18-24)21-11-15-23(34)16-12-21)32-28-10-6-4-8-26(28)25-7-3-5-9-27(25)31(29)32/h3-20H,1-2H3. The van der Waals surface area contributed by atoms with Gasteiger partial charge < -0.3 is 4.57 Å².